The van der Waals surface area contributed by atoms with Gasteiger partial charge in [0.2, 0.25) is 0 Å². The van der Waals surface area contributed by atoms with Crippen LogP contribution >= 0.6 is 0 Å². The predicted octanol–water partition coefficient (Wildman–Crippen LogP) is 6.10. The van der Waals surface area contributed by atoms with E-state index in [1.807, 2.05) is 48.5 Å². The first-order chi connectivity index (χ1) is 14.6. The minimum atomic E-state index is 0.377. The molecule has 3 aromatic rings. The van der Waals surface area contributed by atoms with Gasteiger partial charge in [0.05, 0.1) is 0 Å². The van der Waals surface area contributed by atoms with E-state index in [0.717, 1.165) is 12.8 Å². The van der Waals surface area contributed by atoms with Crippen molar-refractivity contribution in [3.05, 3.63) is 95.1 Å². The van der Waals surface area contributed by atoms with Crippen LogP contribution in [0.2, 0.25) is 0 Å². The van der Waals surface area contributed by atoms with Crippen LogP contribution in [0.4, 0.5) is 0 Å². The number of nitriles is 2. The fourth-order valence-corrected chi connectivity index (χ4v) is 3.61. The molecule has 4 nitrogen and oxygen atoms in total. The van der Waals surface area contributed by atoms with Crippen molar-refractivity contribution < 1.29 is 9.47 Å². The van der Waals surface area contributed by atoms with Gasteiger partial charge in [-0.25, -0.2) is 0 Å². The lowest BCUT2D eigenvalue weighted by molar-refractivity contribution is 0.506. The van der Waals surface area contributed by atoms with Gasteiger partial charge in [0.15, 0.2) is 0 Å². The summed E-state index contributed by atoms with van der Waals surface area (Å²) in [6.07, 6.45) is 5.23. The molecule has 0 saturated carbocycles. The standard InChI is InChI=1S/C26H24N2O2/c1-19(14-21-6-10-25(11-7-21)29-17-27)23-4-3-5-24(16-23)20(2)15-22-8-12-26(13-9-22)30-18-28/h3-13,16,19-20H,14-15H2,1-2H3/t19-,20-/m1/s1. The van der Waals surface area contributed by atoms with Crippen molar-refractivity contribution in [3.8, 4) is 24.0 Å². The van der Waals surface area contributed by atoms with Gasteiger partial charge in [0, 0.05) is 0 Å². The summed E-state index contributed by atoms with van der Waals surface area (Å²) in [6.45, 7) is 4.47. The third kappa shape index (κ3) is 5.63. The molecule has 0 N–H and O–H groups in total. The summed E-state index contributed by atoms with van der Waals surface area (Å²) < 4.78 is 9.69. The quantitative estimate of drug-likeness (QED) is 0.432. The zero-order valence-electron chi connectivity index (χ0n) is 17.2. The SMILES string of the molecule is C[C@H](Cc1ccc(OC#N)cc1)c1cccc([C@H](C)Cc2ccc(OC#N)cc2)c1. The first-order valence-electron chi connectivity index (χ1n) is 9.98. The highest BCUT2D eigenvalue weighted by atomic mass is 16.5. The highest BCUT2D eigenvalue weighted by Gasteiger charge is 2.12. The molecule has 0 unspecified atom stereocenters. The van der Waals surface area contributed by atoms with Crippen molar-refractivity contribution in [2.24, 2.45) is 0 Å². The van der Waals surface area contributed by atoms with Gasteiger partial charge in [0.25, 0.3) is 12.5 Å². The van der Waals surface area contributed by atoms with Crippen LogP contribution in [0.3, 0.4) is 0 Å². The molecular weight excluding hydrogens is 372 g/mol. The van der Waals surface area contributed by atoms with Gasteiger partial charge in [-0.2, -0.15) is 0 Å². The highest BCUT2D eigenvalue weighted by Crippen LogP contribution is 2.27. The van der Waals surface area contributed by atoms with Gasteiger partial charge in [-0.3, -0.25) is 0 Å². The van der Waals surface area contributed by atoms with E-state index in [1.165, 1.54) is 22.3 Å². The lowest BCUT2D eigenvalue weighted by atomic mass is 9.88. The van der Waals surface area contributed by atoms with Crippen LogP contribution in [0.5, 0.6) is 11.5 Å². The van der Waals surface area contributed by atoms with E-state index in [4.69, 9.17) is 20.0 Å². The maximum Gasteiger partial charge on any atom is 0.292 e. The molecule has 0 amide bonds. The fourth-order valence-electron chi connectivity index (χ4n) is 3.61. The maximum atomic E-state index is 8.59. The first-order valence-corrected chi connectivity index (χ1v) is 9.98. The molecule has 0 aliphatic rings. The summed E-state index contributed by atoms with van der Waals surface area (Å²) in [5.41, 5.74) is 5.06. The molecule has 2 atom stereocenters. The van der Waals surface area contributed by atoms with Crippen LogP contribution in [0.25, 0.3) is 0 Å². The second kappa shape index (κ2) is 10.1. The predicted molar refractivity (Wildman–Crippen MR) is 116 cm³/mol. The molecule has 0 aromatic heterocycles. The van der Waals surface area contributed by atoms with Gasteiger partial charge in [-0.1, -0.05) is 62.4 Å². The van der Waals surface area contributed by atoms with Crippen LogP contribution < -0.4 is 9.47 Å². The second-order valence-corrected chi connectivity index (χ2v) is 7.56. The van der Waals surface area contributed by atoms with Crippen LogP contribution in [-0.2, 0) is 12.8 Å². The first kappa shape index (κ1) is 21.0. The Morgan fingerprint density at radius 2 is 1.07 bits per heavy atom. The molecule has 4 heteroatoms. The zero-order chi connectivity index (χ0) is 21.3. The van der Waals surface area contributed by atoms with Crippen molar-refractivity contribution in [2.75, 3.05) is 0 Å². The molecule has 0 aliphatic heterocycles. The Bertz CT molecular complexity index is 961. The van der Waals surface area contributed by atoms with E-state index >= 15 is 0 Å². The summed E-state index contributed by atoms with van der Waals surface area (Å²) in [4.78, 5) is 0. The monoisotopic (exact) mass is 396 g/mol. The molecule has 0 heterocycles. The van der Waals surface area contributed by atoms with Crippen molar-refractivity contribution in [1.82, 2.24) is 0 Å². The molecule has 30 heavy (non-hydrogen) atoms. The van der Waals surface area contributed by atoms with Crippen molar-refractivity contribution in [3.63, 3.8) is 0 Å². The van der Waals surface area contributed by atoms with Crippen LogP contribution in [0, 0.1) is 23.0 Å². The molecule has 0 aliphatic carbocycles. The van der Waals surface area contributed by atoms with E-state index in [9.17, 15) is 0 Å². The average molecular weight is 396 g/mol. The summed E-state index contributed by atoms with van der Waals surface area (Å²) in [6, 6.07) is 24.2. The minimum Gasteiger partial charge on any atom is -0.388 e. The van der Waals surface area contributed by atoms with Crippen LogP contribution in [0.15, 0.2) is 72.8 Å². The lowest BCUT2D eigenvalue weighted by Crippen LogP contribution is -2.03. The van der Waals surface area contributed by atoms with Crippen molar-refractivity contribution in [2.45, 2.75) is 38.5 Å². The van der Waals surface area contributed by atoms with E-state index in [2.05, 4.69) is 38.1 Å². The zero-order valence-corrected chi connectivity index (χ0v) is 17.2. The fraction of sp³-hybridized carbons (Fsp3) is 0.231. The summed E-state index contributed by atoms with van der Waals surface area (Å²) in [5, 5.41) is 17.2. The van der Waals surface area contributed by atoms with Gasteiger partial charge >= 0.3 is 0 Å². The molecular formula is C26H24N2O2. The highest BCUT2D eigenvalue weighted by molar-refractivity contribution is 5.34. The van der Waals surface area contributed by atoms with E-state index in [0.29, 0.717) is 23.3 Å². The van der Waals surface area contributed by atoms with Crippen molar-refractivity contribution in [1.29, 1.82) is 10.5 Å². The third-order valence-electron chi connectivity index (χ3n) is 5.31. The van der Waals surface area contributed by atoms with Crippen molar-refractivity contribution >= 4 is 0 Å². The molecule has 150 valence electrons. The Kier molecular flexibility index (Phi) is 7.09. The Hall–Kier alpha value is -3.76. The molecule has 3 aromatic carbocycles. The van der Waals surface area contributed by atoms with Gasteiger partial charge < -0.3 is 9.47 Å². The Balaban J connectivity index is 1.65. The Labute approximate surface area is 177 Å². The maximum absolute atomic E-state index is 8.59. The number of hydrogen-bond donors (Lipinski definition) is 0. The Morgan fingerprint density at radius 3 is 1.43 bits per heavy atom. The lowest BCUT2D eigenvalue weighted by Gasteiger charge is -2.17. The summed E-state index contributed by atoms with van der Waals surface area (Å²) >= 11 is 0. The molecule has 0 fully saturated rings. The number of hydrogen-bond acceptors (Lipinski definition) is 4. The molecule has 0 radical (unpaired) electrons. The number of rotatable bonds is 8. The molecule has 0 spiro atoms. The average Bonchev–Trinajstić information content (AvgIpc) is 2.77. The van der Waals surface area contributed by atoms with E-state index in [-0.39, 0.29) is 0 Å². The number of nitrogens with zero attached hydrogens (tertiary/aromatic N) is 2. The van der Waals surface area contributed by atoms with Gasteiger partial charge in [0.1, 0.15) is 11.5 Å². The molecule has 0 bridgehead atoms. The van der Waals surface area contributed by atoms with Crippen LogP contribution in [0.1, 0.15) is 47.9 Å². The minimum absolute atomic E-state index is 0.377. The Morgan fingerprint density at radius 1 is 0.667 bits per heavy atom. The largest absolute Gasteiger partial charge is 0.388 e. The van der Waals surface area contributed by atoms with E-state index in [1.54, 1.807) is 12.5 Å². The smallest absolute Gasteiger partial charge is 0.292 e. The third-order valence-corrected chi connectivity index (χ3v) is 5.31. The molecule has 0 saturated heterocycles. The van der Waals surface area contributed by atoms with Gasteiger partial charge in [-0.05, 0) is 71.2 Å². The second-order valence-electron chi connectivity index (χ2n) is 7.56. The number of ether oxygens (including phenoxy) is 2. The summed E-state index contributed by atoms with van der Waals surface area (Å²) in [5.74, 6) is 1.89. The summed E-state index contributed by atoms with van der Waals surface area (Å²) in [7, 11) is 0. The van der Waals surface area contributed by atoms with Crippen LogP contribution in [-0.4, -0.2) is 0 Å². The topological polar surface area (TPSA) is 66.0 Å². The van der Waals surface area contributed by atoms with E-state index < -0.39 is 0 Å². The normalized spacial score (nSPS) is 12.3. The molecule has 3 rings (SSSR count). The van der Waals surface area contributed by atoms with Gasteiger partial charge in [-0.15, -0.1) is 10.5 Å². The number of benzene rings is 3.